The zero-order chi connectivity index (χ0) is 14.9. The lowest BCUT2D eigenvalue weighted by Gasteiger charge is -2.21. The van der Waals surface area contributed by atoms with Crippen molar-refractivity contribution in [2.75, 3.05) is 12.8 Å². The molecule has 4 heteroatoms. The molecule has 0 amide bonds. The highest BCUT2D eigenvalue weighted by Crippen LogP contribution is 2.34. The van der Waals surface area contributed by atoms with E-state index in [1.165, 1.54) is 5.56 Å². The van der Waals surface area contributed by atoms with Crippen molar-refractivity contribution in [3.8, 4) is 17.0 Å². The molecule has 20 heavy (non-hydrogen) atoms. The SMILES string of the molecule is COc1ccc(C(C)(C)C)cc1-c1cc(C)nc(N)n1. The molecule has 0 spiro atoms. The second kappa shape index (κ2) is 5.12. The number of nitrogen functional groups attached to an aromatic ring is 1. The van der Waals surface area contributed by atoms with Gasteiger partial charge in [-0.1, -0.05) is 26.8 Å². The highest BCUT2D eigenvalue weighted by Gasteiger charge is 2.17. The summed E-state index contributed by atoms with van der Waals surface area (Å²) in [5.41, 5.74) is 9.61. The van der Waals surface area contributed by atoms with Gasteiger partial charge in [0.2, 0.25) is 5.95 Å². The molecule has 0 fully saturated rings. The molecule has 2 aromatic rings. The van der Waals surface area contributed by atoms with E-state index in [1.807, 2.05) is 19.1 Å². The zero-order valence-electron chi connectivity index (χ0n) is 12.7. The lowest BCUT2D eigenvalue weighted by molar-refractivity contribution is 0.415. The van der Waals surface area contributed by atoms with E-state index < -0.39 is 0 Å². The van der Waals surface area contributed by atoms with Crippen LogP contribution in [0.3, 0.4) is 0 Å². The summed E-state index contributed by atoms with van der Waals surface area (Å²) in [5.74, 6) is 1.07. The van der Waals surface area contributed by atoms with Crippen LogP contribution in [0.15, 0.2) is 24.3 Å². The number of rotatable bonds is 2. The summed E-state index contributed by atoms with van der Waals surface area (Å²) in [7, 11) is 1.66. The lowest BCUT2D eigenvalue weighted by Crippen LogP contribution is -2.11. The van der Waals surface area contributed by atoms with Gasteiger partial charge in [0.15, 0.2) is 0 Å². The Labute approximate surface area is 120 Å². The maximum Gasteiger partial charge on any atom is 0.220 e. The minimum atomic E-state index is 0.0641. The van der Waals surface area contributed by atoms with Crippen molar-refractivity contribution in [1.82, 2.24) is 9.97 Å². The van der Waals surface area contributed by atoms with E-state index in [-0.39, 0.29) is 11.4 Å². The van der Waals surface area contributed by atoms with Crippen molar-refractivity contribution >= 4 is 5.95 Å². The summed E-state index contributed by atoms with van der Waals surface area (Å²) in [6.45, 7) is 8.44. The van der Waals surface area contributed by atoms with Crippen LogP contribution in [-0.4, -0.2) is 17.1 Å². The number of nitrogens with zero attached hydrogens (tertiary/aromatic N) is 2. The van der Waals surface area contributed by atoms with Gasteiger partial charge in [0.1, 0.15) is 5.75 Å². The Hall–Kier alpha value is -2.10. The van der Waals surface area contributed by atoms with Crippen LogP contribution < -0.4 is 10.5 Å². The fourth-order valence-corrected chi connectivity index (χ4v) is 2.10. The summed E-state index contributed by atoms with van der Waals surface area (Å²) >= 11 is 0. The van der Waals surface area contributed by atoms with Crippen LogP contribution in [0.1, 0.15) is 32.0 Å². The summed E-state index contributed by atoms with van der Waals surface area (Å²) in [6.07, 6.45) is 0. The number of aryl methyl sites for hydroxylation is 1. The Morgan fingerprint density at radius 3 is 2.35 bits per heavy atom. The number of hydrogen-bond acceptors (Lipinski definition) is 4. The molecule has 2 N–H and O–H groups in total. The van der Waals surface area contributed by atoms with E-state index in [1.54, 1.807) is 7.11 Å². The van der Waals surface area contributed by atoms with E-state index in [4.69, 9.17) is 10.5 Å². The Morgan fingerprint density at radius 2 is 1.80 bits per heavy atom. The average Bonchev–Trinajstić information content (AvgIpc) is 2.35. The van der Waals surface area contributed by atoms with Crippen LogP contribution in [0, 0.1) is 6.92 Å². The highest BCUT2D eigenvalue weighted by molar-refractivity contribution is 5.69. The fourth-order valence-electron chi connectivity index (χ4n) is 2.10. The number of anilines is 1. The maximum atomic E-state index is 5.75. The lowest BCUT2D eigenvalue weighted by atomic mass is 9.85. The van der Waals surface area contributed by atoms with Crippen LogP contribution >= 0.6 is 0 Å². The molecule has 0 unspecified atom stereocenters. The summed E-state index contributed by atoms with van der Waals surface area (Å²) in [5, 5.41) is 0. The normalized spacial score (nSPS) is 11.4. The fraction of sp³-hybridized carbons (Fsp3) is 0.375. The van der Waals surface area contributed by atoms with Gasteiger partial charge in [-0.05, 0) is 36.1 Å². The topological polar surface area (TPSA) is 61.0 Å². The summed E-state index contributed by atoms with van der Waals surface area (Å²) < 4.78 is 5.45. The van der Waals surface area contributed by atoms with Gasteiger partial charge in [-0.2, -0.15) is 0 Å². The third kappa shape index (κ3) is 2.90. The first-order valence-corrected chi connectivity index (χ1v) is 6.61. The monoisotopic (exact) mass is 271 g/mol. The molecule has 0 bridgehead atoms. The number of nitrogens with two attached hydrogens (primary N) is 1. The van der Waals surface area contributed by atoms with Gasteiger partial charge in [0.25, 0.3) is 0 Å². The van der Waals surface area contributed by atoms with Gasteiger partial charge in [0.05, 0.1) is 12.8 Å². The minimum Gasteiger partial charge on any atom is -0.496 e. The molecule has 0 atom stereocenters. The molecule has 0 saturated heterocycles. The van der Waals surface area contributed by atoms with Crippen LogP contribution in [0.4, 0.5) is 5.95 Å². The molecule has 4 nitrogen and oxygen atoms in total. The first-order chi connectivity index (χ1) is 9.31. The molecule has 0 aliphatic carbocycles. The van der Waals surface area contributed by atoms with E-state index >= 15 is 0 Å². The van der Waals surface area contributed by atoms with Crippen LogP contribution in [0.5, 0.6) is 5.75 Å². The van der Waals surface area contributed by atoms with Crippen LogP contribution in [0.25, 0.3) is 11.3 Å². The van der Waals surface area contributed by atoms with E-state index in [9.17, 15) is 0 Å². The second-order valence-electron chi connectivity index (χ2n) is 5.92. The van der Waals surface area contributed by atoms with Gasteiger partial charge >= 0.3 is 0 Å². The predicted octanol–water partition coefficient (Wildman–Crippen LogP) is 3.34. The van der Waals surface area contributed by atoms with Gasteiger partial charge in [-0.25, -0.2) is 9.97 Å². The molecular formula is C16H21N3O. The van der Waals surface area contributed by atoms with Crippen molar-refractivity contribution in [1.29, 1.82) is 0 Å². The predicted molar refractivity (Wildman–Crippen MR) is 81.9 cm³/mol. The number of aromatic nitrogens is 2. The average molecular weight is 271 g/mol. The molecule has 2 rings (SSSR count). The summed E-state index contributed by atoms with van der Waals surface area (Å²) in [4.78, 5) is 8.44. The third-order valence-electron chi connectivity index (χ3n) is 3.21. The zero-order valence-corrected chi connectivity index (χ0v) is 12.7. The van der Waals surface area contributed by atoms with Gasteiger partial charge in [0, 0.05) is 11.3 Å². The van der Waals surface area contributed by atoms with Crippen LogP contribution in [0.2, 0.25) is 0 Å². The van der Waals surface area contributed by atoms with E-state index in [2.05, 4.69) is 42.9 Å². The van der Waals surface area contributed by atoms with E-state index in [0.29, 0.717) is 0 Å². The standard InChI is InChI=1S/C16H21N3O/c1-10-8-13(19-15(17)18-10)12-9-11(16(2,3)4)6-7-14(12)20-5/h6-9H,1-5H3,(H2,17,18,19). The highest BCUT2D eigenvalue weighted by atomic mass is 16.5. The second-order valence-corrected chi connectivity index (χ2v) is 5.92. The van der Waals surface area contributed by atoms with Gasteiger partial charge < -0.3 is 10.5 Å². The Bertz CT molecular complexity index is 610. The first kappa shape index (κ1) is 14.3. The van der Waals surface area contributed by atoms with Crippen molar-refractivity contribution in [2.24, 2.45) is 0 Å². The Balaban J connectivity index is 2.64. The molecule has 0 aliphatic rings. The number of benzene rings is 1. The van der Waals surface area contributed by atoms with Crippen LogP contribution in [-0.2, 0) is 5.41 Å². The molecule has 0 aliphatic heterocycles. The quantitative estimate of drug-likeness (QED) is 0.910. The number of ether oxygens (including phenoxy) is 1. The number of hydrogen-bond donors (Lipinski definition) is 1. The van der Waals surface area contributed by atoms with Crippen molar-refractivity contribution < 1.29 is 4.74 Å². The van der Waals surface area contributed by atoms with Gasteiger partial charge in [-0.3, -0.25) is 0 Å². The van der Waals surface area contributed by atoms with Gasteiger partial charge in [-0.15, -0.1) is 0 Å². The molecule has 0 saturated carbocycles. The minimum absolute atomic E-state index is 0.0641. The Kier molecular flexibility index (Phi) is 3.66. The molecule has 1 aromatic heterocycles. The molecule has 106 valence electrons. The first-order valence-electron chi connectivity index (χ1n) is 6.61. The van der Waals surface area contributed by atoms with Crippen molar-refractivity contribution in [3.63, 3.8) is 0 Å². The summed E-state index contributed by atoms with van der Waals surface area (Å²) in [6, 6.07) is 8.09. The molecule has 0 radical (unpaired) electrons. The Morgan fingerprint density at radius 1 is 1.10 bits per heavy atom. The van der Waals surface area contributed by atoms with E-state index in [0.717, 1.165) is 22.7 Å². The maximum absolute atomic E-state index is 5.75. The molecule has 1 heterocycles. The smallest absolute Gasteiger partial charge is 0.220 e. The van der Waals surface area contributed by atoms with Crippen molar-refractivity contribution in [3.05, 3.63) is 35.5 Å². The molecule has 1 aromatic carbocycles. The number of methoxy groups -OCH3 is 1. The molecular weight excluding hydrogens is 250 g/mol. The largest absolute Gasteiger partial charge is 0.496 e. The van der Waals surface area contributed by atoms with Crippen molar-refractivity contribution in [2.45, 2.75) is 33.1 Å². The third-order valence-corrected chi connectivity index (χ3v) is 3.21.